The SMILES string of the molecule is O=S1(=O)CCCC1n1cc(C2CCNCC2)cn1. The van der Waals surface area contributed by atoms with Crippen molar-refractivity contribution in [1.29, 1.82) is 0 Å². The van der Waals surface area contributed by atoms with Gasteiger partial charge in [-0.25, -0.2) is 8.42 Å². The van der Waals surface area contributed by atoms with Gasteiger partial charge in [0.1, 0.15) is 0 Å². The minimum Gasteiger partial charge on any atom is -0.317 e. The predicted molar refractivity (Wildman–Crippen MR) is 69.1 cm³/mol. The Morgan fingerprint density at radius 2 is 2.06 bits per heavy atom. The van der Waals surface area contributed by atoms with Gasteiger partial charge in [-0.1, -0.05) is 0 Å². The highest BCUT2D eigenvalue weighted by atomic mass is 32.2. The van der Waals surface area contributed by atoms with E-state index in [0.717, 1.165) is 32.4 Å². The van der Waals surface area contributed by atoms with Crippen LogP contribution in [0.5, 0.6) is 0 Å². The van der Waals surface area contributed by atoms with Crippen LogP contribution in [0.4, 0.5) is 0 Å². The van der Waals surface area contributed by atoms with E-state index in [1.165, 1.54) is 5.56 Å². The fourth-order valence-electron chi connectivity index (χ4n) is 2.95. The molecule has 2 saturated heterocycles. The third-order valence-corrected chi connectivity index (χ3v) is 6.16. The van der Waals surface area contributed by atoms with Gasteiger partial charge in [-0.05, 0) is 50.3 Å². The predicted octanol–water partition coefficient (Wildman–Crippen LogP) is 1.06. The van der Waals surface area contributed by atoms with Crippen molar-refractivity contribution in [2.45, 2.75) is 37.0 Å². The van der Waals surface area contributed by atoms with Crippen LogP contribution in [-0.4, -0.2) is 37.0 Å². The van der Waals surface area contributed by atoms with E-state index in [9.17, 15) is 8.42 Å². The number of sulfone groups is 1. The van der Waals surface area contributed by atoms with Gasteiger partial charge in [0.2, 0.25) is 0 Å². The summed E-state index contributed by atoms with van der Waals surface area (Å²) in [6.45, 7) is 2.08. The molecule has 1 atom stereocenters. The minimum absolute atomic E-state index is 0.306. The van der Waals surface area contributed by atoms with Gasteiger partial charge in [0.25, 0.3) is 0 Å². The van der Waals surface area contributed by atoms with Crippen LogP contribution < -0.4 is 5.32 Å². The summed E-state index contributed by atoms with van der Waals surface area (Å²) in [5.74, 6) is 0.837. The lowest BCUT2D eigenvalue weighted by atomic mass is 9.93. The lowest BCUT2D eigenvalue weighted by Crippen LogP contribution is -2.26. The fraction of sp³-hybridized carbons (Fsp3) is 0.750. The third-order valence-electron chi connectivity index (χ3n) is 4.02. The smallest absolute Gasteiger partial charge is 0.173 e. The Kier molecular flexibility index (Phi) is 3.15. The summed E-state index contributed by atoms with van der Waals surface area (Å²) >= 11 is 0. The lowest BCUT2D eigenvalue weighted by molar-refractivity contribution is 0.459. The van der Waals surface area contributed by atoms with E-state index < -0.39 is 15.2 Å². The van der Waals surface area contributed by atoms with E-state index in [-0.39, 0.29) is 0 Å². The van der Waals surface area contributed by atoms with Crippen molar-refractivity contribution in [2.75, 3.05) is 18.8 Å². The van der Waals surface area contributed by atoms with Crippen LogP contribution in [0.15, 0.2) is 12.4 Å². The van der Waals surface area contributed by atoms with Gasteiger partial charge in [0, 0.05) is 6.20 Å². The second-order valence-corrected chi connectivity index (χ2v) is 7.52. The first-order valence-electron chi connectivity index (χ1n) is 6.63. The second kappa shape index (κ2) is 4.66. The Morgan fingerprint density at radius 3 is 2.72 bits per heavy atom. The van der Waals surface area contributed by atoms with E-state index in [1.807, 2.05) is 12.4 Å². The summed E-state index contributed by atoms with van der Waals surface area (Å²) in [4.78, 5) is 0. The van der Waals surface area contributed by atoms with Gasteiger partial charge in [-0.3, -0.25) is 4.68 Å². The Morgan fingerprint density at radius 1 is 1.28 bits per heavy atom. The summed E-state index contributed by atoms with van der Waals surface area (Å²) in [5.41, 5.74) is 1.19. The molecular weight excluding hydrogens is 250 g/mol. The number of nitrogens with one attached hydrogen (secondary N) is 1. The lowest BCUT2D eigenvalue weighted by Gasteiger charge is -2.21. The van der Waals surface area contributed by atoms with Crippen molar-refractivity contribution in [3.63, 3.8) is 0 Å². The van der Waals surface area contributed by atoms with Gasteiger partial charge >= 0.3 is 0 Å². The molecule has 3 heterocycles. The molecule has 0 amide bonds. The number of hydrogen-bond acceptors (Lipinski definition) is 4. The zero-order valence-electron chi connectivity index (χ0n) is 10.4. The summed E-state index contributed by atoms with van der Waals surface area (Å²) in [6.07, 6.45) is 7.49. The van der Waals surface area contributed by atoms with Crippen LogP contribution in [0.1, 0.15) is 42.5 Å². The summed E-state index contributed by atoms with van der Waals surface area (Å²) in [5, 5.41) is 7.20. The zero-order chi connectivity index (χ0) is 12.6. The molecule has 2 aliphatic heterocycles. The maximum Gasteiger partial charge on any atom is 0.173 e. The maximum atomic E-state index is 11.9. The van der Waals surface area contributed by atoms with Gasteiger partial charge < -0.3 is 5.32 Å². The third kappa shape index (κ3) is 2.19. The number of piperidine rings is 1. The average Bonchev–Trinajstić information content (AvgIpc) is 2.96. The second-order valence-electron chi connectivity index (χ2n) is 5.24. The highest BCUT2D eigenvalue weighted by Crippen LogP contribution is 2.31. The standard InChI is InChI=1S/C12H19N3O2S/c16-18(17)7-1-2-12(18)15-9-11(8-14-15)10-3-5-13-6-4-10/h8-10,12-13H,1-7H2. The van der Waals surface area contributed by atoms with Gasteiger partial charge in [0.05, 0.1) is 11.9 Å². The monoisotopic (exact) mass is 269 g/mol. The normalized spacial score (nSPS) is 28.6. The molecule has 5 nitrogen and oxygen atoms in total. The summed E-state index contributed by atoms with van der Waals surface area (Å²) in [6, 6.07) is 0. The summed E-state index contributed by atoms with van der Waals surface area (Å²) in [7, 11) is -2.97. The molecule has 1 unspecified atom stereocenters. The van der Waals surface area contributed by atoms with Gasteiger partial charge in [0.15, 0.2) is 15.2 Å². The molecule has 2 fully saturated rings. The molecule has 2 aliphatic rings. The van der Waals surface area contributed by atoms with Gasteiger partial charge in [-0.2, -0.15) is 5.10 Å². The van der Waals surface area contributed by atoms with Crippen molar-refractivity contribution in [3.05, 3.63) is 18.0 Å². The highest BCUT2D eigenvalue weighted by molar-refractivity contribution is 7.91. The molecule has 18 heavy (non-hydrogen) atoms. The molecule has 1 aromatic rings. The number of aromatic nitrogens is 2. The van der Waals surface area contributed by atoms with Crippen molar-refractivity contribution < 1.29 is 8.42 Å². The molecule has 100 valence electrons. The number of hydrogen-bond donors (Lipinski definition) is 1. The fourth-order valence-corrected chi connectivity index (χ4v) is 4.76. The van der Waals surface area contributed by atoms with E-state index in [2.05, 4.69) is 10.4 Å². The first-order chi connectivity index (χ1) is 8.67. The van der Waals surface area contributed by atoms with Crippen LogP contribution in [-0.2, 0) is 9.84 Å². The van der Waals surface area contributed by atoms with Crippen LogP contribution in [0.3, 0.4) is 0 Å². The zero-order valence-corrected chi connectivity index (χ0v) is 11.2. The number of nitrogens with zero attached hydrogens (tertiary/aromatic N) is 2. The van der Waals surface area contributed by atoms with Crippen molar-refractivity contribution in [1.82, 2.24) is 15.1 Å². The van der Waals surface area contributed by atoms with Crippen molar-refractivity contribution in [2.24, 2.45) is 0 Å². The molecular formula is C12H19N3O2S. The molecule has 1 N–H and O–H groups in total. The Bertz CT molecular complexity index is 517. The Labute approximate surface area is 107 Å². The molecule has 3 rings (SSSR count). The topological polar surface area (TPSA) is 64.0 Å². The molecule has 1 aromatic heterocycles. The largest absolute Gasteiger partial charge is 0.317 e. The summed E-state index contributed by atoms with van der Waals surface area (Å²) < 4.78 is 25.4. The van der Waals surface area contributed by atoms with Crippen LogP contribution in [0.2, 0.25) is 0 Å². The van der Waals surface area contributed by atoms with Crippen LogP contribution >= 0.6 is 0 Å². The van der Waals surface area contributed by atoms with Crippen LogP contribution in [0, 0.1) is 0 Å². The molecule has 6 heteroatoms. The Hall–Kier alpha value is -0.880. The maximum absolute atomic E-state index is 11.9. The average molecular weight is 269 g/mol. The van der Waals surface area contributed by atoms with Crippen molar-refractivity contribution in [3.8, 4) is 0 Å². The quantitative estimate of drug-likeness (QED) is 0.872. The minimum atomic E-state index is -2.97. The first-order valence-corrected chi connectivity index (χ1v) is 8.35. The molecule has 0 spiro atoms. The van der Waals surface area contributed by atoms with E-state index in [4.69, 9.17) is 0 Å². The molecule has 0 bridgehead atoms. The van der Waals surface area contributed by atoms with Crippen LogP contribution in [0.25, 0.3) is 0 Å². The van der Waals surface area contributed by atoms with Crippen molar-refractivity contribution >= 4 is 9.84 Å². The van der Waals surface area contributed by atoms with E-state index in [0.29, 0.717) is 18.1 Å². The Balaban J connectivity index is 1.81. The van der Waals surface area contributed by atoms with E-state index in [1.54, 1.807) is 4.68 Å². The molecule has 0 aromatic carbocycles. The van der Waals surface area contributed by atoms with Gasteiger partial charge in [-0.15, -0.1) is 0 Å². The first kappa shape index (κ1) is 12.2. The molecule has 0 saturated carbocycles. The molecule has 0 aliphatic carbocycles. The highest BCUT2D eigenvalue weighted by Gasteiger charge is 2.33. The number of rotatable bonds is 2. The van der Waals surface area contributed by atoms with E-state index >= 15 is 0 Å². The molecule has 0 radical (unpaired) electrons.